The third-order valence-corrected chi connectivity index (χ3v) is 14.3. The highest BCUT2D eigenvalue weighted by atomic mass is 32.1. The quantitative estimate of drug-likeness (QED) is 0.153. The zero-order valence-electron chi connectivity index (χ0n) is 36.8. The van der Waals surface area contributed by atoms with Gasteiger partial charge in [0, 0.05) is 47.6 Å². The average molecular weight is 885 g/mol. The second kappa shape index (κ2) is 16.6. The van der Waals surface area contributed by atoms with E-state index in [0.29, 0.717) is 17.5 Å². The van der Waals surface area contributed by atoms with E-state index in [1.165, 1.54) is 58.8 Å². The van der Waals surface area contributed by atoms with E-state index < -0.39 is 0 Å². The van der Waals surface area contributed by atoms with Crippen molar-refractivity contribution in [3.05, 3.63) is 243 Å². The van der Waals surface area contributed by atoms with Crippen LogP contribution in [0.25, 0.3) is 126 Å². The Hall–Kier alpha value is -8.77. The summed E-state index contributed by atoms with van der Waals surface area (Å²) in [5.74, 6) is 1.82. The van der Waals surface area contributed by atoms with Gasteiger partial charge in [0.2, 0.25) is 0 Å². The summed E-state index contributed by atoms with van der Waals surface area (Å²) in [5.41, 5.74) is 15.2. The zero-order chi connectivity index (χ0) is 45.0. The molecule has 3 heterocycles. The number of hydrogen-bond donors (Lipinski definition) is 0. The standard InChI is InChI=1S/C63H40N4S/c1-5-16-41(17-6-1)47-33-36-56-54(38-47)55-39-48(42-18-7-2-8-19-42)34-37-57(55)67(56)58-40-49(43-20-9-3-10-21-43)32-35-53(58)63-65-61(45-22-11-4-12-23-45)64-62(66-63)46-30-28-44(29-31-46)50-25-15-26-52-51-24-13-14-27-59(51)68-60(50)52/h1-40H. The van der Waals surface area contributed by atoms with Gasteiger partial charge in [-0.25, -0.2) is 15.0 Å². The van der Waals surface area contributed by atoms with E-state index in [4.69, 9.17) is 15.0 Å². The maximum atomic E-state index is 5.39. The Balaban J connectivity index is 1.02. The minimum atomic E-state index is 0.597. The van der Waals surface area contributed by atoms with Crippen molar-refractivity contribution in [3.8, 4) is 84.4 Å². The van der Waals surface area contributed by atoms with Gasteiger partial charge in [0.1, 0.15) is 0 Å². The van der Waals surface area contributed by atoms with Crippen molar-refractivity contribution < 1.29 is 0 Å². The van der Waals surface area contributed by atoms with Gasteiger partial charge >= 0.3 is 0 Å². The normalized spacial score (nSPS) is 11.5. The first-order chi connectivity index (χ1) is 33.7. The number of thiophene rings is 1. The van der Waals surface area contributed by atoms with E-state index in [0.717, 1.165) is 50.1 Å². The van der Waals surface area contributed by atoms with Crippen LogP contribution in [0.4, 0.5) is 0 Å². The molecule has 0 atom stereocenters. The molecule has 0 aliphatic heterocycles. The summed E-state index contributed by atoms with van der Waals surface area (Å²) in [6.07, 6.45) is 0. The molecule has 0 saturated carbocycles. The molecule has 4 nitrogen and oxygen atoms in total. The maximum absolute atomic E-state index is 5.39. The summed E-state index contributed by atoms with van der Waals surface area (Å²) in [6, 6.07) is 86.5. The summed E-state index contributed by atoms with van der Waals surface area (Å²) < 4.78 is 4.99. The Labute approximate surface area is 397 Å². The molecular weight excluding hydrogens is 845 g/mol. The van der Waals surface area contributed by atoms with E-state index in [1.54, 1.807) is 0 Å². The van der Waals surface area contributed by atoms with Gasteiger partial charge in [-0.3, -0.25) is 0 Å². The molecule has 0 fully saturated rings. The summed E-state index contributed by atoms with van der Waals surface area (Å²) in [4.78, 5) is 15.9. The van der Waals surface area contributed by atoms with Gasteiger partial charge in [-0.1, -0.05) is 200 Å². The lowest BCUT2D eigenvalue weighted by atomic mass is 10.0. The average Bonchev–Trinajstić information content (AvgIpc) is 3.97. The number of hydrogen-bond acceptors (Lipinski definition) is 4. The molecule has 0 unspecified atom stereocenters. The highest BCUT2D eigenvalue weighted by Gasteiger charge is 2.22. The SMILES string of the molecule is c1ccc(-c2ccc(-c3nc(-c4ccccc4)nc(-c4ccc(-c5cccc6c5sc5ccccc56)cc4)n3)c(-n3c4ccc(-c5ccccc5)cc4c4cc(-c5ccccc5)ccc43)c2)cc1. The summed E-state index contributed by atoms with van der Waals surface area (Å²) in [5, 5.41) is 4.92. The van der Waals surface area contributed by atoms with Crippen molar-refractivity contribution in [2.24, 2.45) is 0 Å². The van der Waals surface area contributed by atoms with Crippen molar-refractivity contribution in [2.45, 2.75) is 0 Å². The van der Waals surface area contributed by atoms with Gasteiger partial charge in [0.15, 0.2) is 17.5 Å². The Morgan fingerprint density at radius 2 is 0.721 bits per heavy atom. The molecule has 0 saturated heterocycles. The molecular formula is C63H40N4S. The van der Waals surface area contributed by atoms with Crippen molar-refractivity contribution in [1.29, 1.82) is 0 Å². The summed E-state index contributed by atoms with van der Waals surface area (Å²) >= 11 is 1.85. The maximum Gasteiger partial charge on any atom is 0.166 e. The molecule has 0 amide bonds. The fraction of sp³-hybridized carbons (Fsp3) is 0. The number of fused-ring (bicyclic) bond motifs is 6. The molecule has 13 rings (SSSR count). The third-order valence-electron chi connectivity index (χ3n) is 13.1. The van der Waals surface area contributed by atoms with E-state index >= 15 is 0 Å². The highest BCUT2D eigenvalue weighted by molar-refractivity contribution is 7.26. The van der Waals surface area contributed by atoms with Crippen molar-refractivity contribution >= 4 is 53.3 Å². The van der Waals surface area contributed by atoms with Gasteiger partial charge < -0.3 is 4.57 Å². The van der Waals surface area contributed by atoms with E-state index in [2.05, 4.69) is 229 Å². The van der Waals surface area contributed by atoms with Crippen LogP contribution in [-0.4, -0.2) is 19.5 Å². The second-order valence-corrected chi connectivity index (χ2v) is 18.2. The Morgan fingerprint density at radius 3 is 1.31 bits per heavy atom. The highest BCUT2D eigenvalue weighted by Crippen LogP contribution is 2.43. The first-order valence-corrected chi connectivity index (χ1v) is 23.7. The van der Waals surface area contributed by atoms with Crippen molar-refractivity contribution in [3.63, 3.8) is 0 Å². The first kappa shape index (κ1) is 39.6. The minimum absolute atomic E-state index is 0.597. The molecule has 13 aromatic rings. The second-order valence-electron chi connectivity index (χ2n) is 17.2. The van der Waals surface area contributed by atoms with Crippen LogP contribution in [0.2, 0.25) is 0 Å². The lowest BCUT2D eigenvalue weighted by molar-refractivity contribution is 1.06. The van der Waals surface area contributed by atoms with Gasteiger partial charge in [-0.2, -0.15) is 0 Å². The molecule has 0 spiro atoms. The summed E-state index contributed by atoms with van der Waals surface area (Å²) in [6.45, 7) is 0. The van der Waals surface area contributed by atoms with E-state index in [9.17, 15) is 0 Å². The number of rotatable bonds is 8. The molecule has 3 aromatic heterocycles. The number of aromatic nitrogens is 4. The molecule has 5 heteroatoms. The minimum Gasteiger partial charge on any atom is -0.308 e. The van der Waals surface area contributed by atoms with Crippen LogP contribution >= 0.6 is 11.3 Å². The smallest absolute Gasteiger partial charge is 0.166 e. The van der Waals surface area contributed by atoms with Crippen LogP contribution in [0.1, 0.15) is 0 Å². The fourth-order valence-corrected chi connectivity index (χ4v) is 11.0. The predicted molar refractivity (Wildman–Crippen MR) is 285 cm³/mol. The zero-order valence-corrected chi connectivity index (χ0v) is 37.6. The van der Waals surface area contributed by atoms with E-state index in [-0.39, 0.29) is 0 Å². The van der Waals surface area contributed by atoms with Gasteiger partial charge in [0.05, 0.1) is 16.7 Å². The molecule has 318 valence electrons. The molecule has 0 N–H and O–H groups in total. The Morgan fingerprint density at radius 1 is 0.279 bits per heavy atom. The molecule has 10 aromatic carbocycles. The van der Waals surface area contributed by atoms with Crippen molar-refractivity contribution in [1.82, 2.24) is 19.5 Å². The number of nitrogens with zero attached hydrogens (tertiary/aromatic N) is 4. The topological polar surface area (TPSA) is 43.6 Å². The van der Waals surface area contributed by atoms with Gasteiger partial charge in [-0.15, -0.1) is 11.3 Å². The Bertz CT molecular complexity index is 3890. The first-order valence-electron chi connectivity index (χ1n) is 22.9. The van der Waals surface area contributed by atoms with Gasteiger partial charge in [-0.05, 0) is 87.0 Å². The predicted octanol–water partition coefficient (Wildman–Crippen LogP) is 17.0. The van der Waals surface area contributed by atoms with Crippen molar-refractivity contribution in [2.75, 3.05) is 0 Å². The monoisotopic (exact) mass is 884 g/mol. The van der Waals surface area contributed by atoms with E-state index in [1.807, 2.05) is 29.5 Å². The van der Waals surface area contributed by atoms with Crippen LogP contribution in [0.3, 0.4) is 0 Å². The van der Waals surface area contributed by atoms with Crippen LogP contribution in [-0.2, 0) is 0 Å². The van der Waals surface area contributed by atoms with Crippen LogP contribution in [0.15, 0.2) is 243 Å². The Kier molecular flexibility index (Phi) is 9.66. The lowest BCUT2D eigenvalue weighted by Crippen LogP contribution is -2.04. The van der Waals surface area contributed by atoms with Crippen LogP contribution in [0.5, 0.6) is 0 Å². The third kappa shape index (κ3) is 6.96. The largest absolute Gasteiger partial charge is 0.308 e. The molecule has 0 aliphatic carbocycles. The molecule has 68 heavy (non-hydrogen) atoms. The molecule has 0 radical (unpaired) electrons. The van der Waals surface area contributed by atoms with Crippen LogP contribution in [0, 0.1) is 0 Å². The summed E-state index contributed by atoms with van der Waals surface area (Å²) in [7, 11) is 0. The molecule has 0 bridgehead atoms. The van der Waals surface area contributed by atoms with Crippen LogP contribution < -0.4 is 0 Å². The van der Waals surface area contributed by atoms with Gasteiger partial charge in [0.25, 0.3) is 0 Å². The molecule has 0 aliphatic rings. The lowest BCUT2D eigenvalue weighted by Gasteiger charge is -2.17. The number of benzene rings is 10. The fourth-order valence-electron chi connectivity index (χ4n) is 9.73.